The standard InChI is InChI=1S/C30H35F3N4O4/c1-29(2,3)41-28(39)37-12-10-21(11-13-37)22-6-9-25-24(18-22)34-26(40-25)27(38)36-16-14-35(15-17-36)19-20-4-7-23(8-5-20)30(31,32)33/h4-9,18,21H,10-17,19H2,1-3H3. The zero-order valence-electron chi connectivity index (χ0n) is 23.5. The number of carbonyl (C=O) groups is 2. The molecule has 3 aromatic rings. The summed E-state index contributed by atoms with van der Waals surface area (Å²) < 4.78 is 49.7. The van der Waals surface area contributed by atoms with Crippen LogP contribution in [0.2, 0.25) is 0 Å². The van der Waals surface area contributed by atoms with E-state index in [9.17, 15) is 22.8 Å². The van der Waals surface area contributed by atoms with Crippen molar-refractivity contribution in [2.75, 3.05) is 39.3 Å². The Kier molecular flexibility index (Phi) is 8.00. The van der Waals surface area contributed by atoms with Crippen molar-refractivity contribution < 1.29 is 31.9 Å². The molecular formula is C30H35F3N4O4. The fraction of sp³-hybridized carbons (Fsp3) is 0.500. The van der Waals surface area contributed by atoms with Crippen LogP contribution in [0.5, 0.6) is 0 Å². The molecule has 0 spiro atoms. The smallest absolute Gasteiger partial charge is 0.416 e. The van der Waals surface area contributed by atoms with Gasteiger partial charge in [0.15, 0.2) is 5.58 Å². The van der Waals surface area contributed by atoms with Gasteiger partial charge in [-0.2, -0.15) is 13.2 Å². The van der Waals surface area contributed by atoms with Crippen molar-refractivity contribution in [2.24, 2.45) is 0 Å². The number of aromatic nitrogens is 1. The Balaban J connectivity index is 1.15. The SMILES string of the molecule is CC(C)(C)OC(=O)N1CCC(c2ccc3oc(C(=O)N4CCN(Cc5ccc(C(F)(F)F)cc5)CC4)nc3c2)CC1. The van der Waals surface area contributed by atoms with E-state index >= 15 is 0 Å². The van der Waals surface area contributed by atoms with E-state index in [1.165, 1.54) is 12.1 Å². The molecule has 11 heteroatoms. The van der Waals surface area contributed by atoms with Crippen LogP contribution < -0.4 is 0 Å². The first-order chi connectivity index (χ1) is 19.4. The molecule has 8 nitrogen and oxygen atoms in total. The highest BCUT2D eigenvalue weighted by molar-refractivity contribution is 5.92. The average molecular weight is 573 g/mol. The van der Waals surface area contributed by atoms with Crippen LogP contribution in [-0.2, 0) is 17.5 Å². The maximum absolute atomic E-state index is 13.1. The van der Waals surface area contributed by atoms with E-state index < -0.39 is 17.3 Å². The van der Waals surface area contributed by atoms with Gasteiger partial charge in [-0.3, -0.25) is 9.69 Å². The minimum atomic E-state index is -4.35. The van der Waals surface area contributed by atoms with Gasteiger partial charge in [0.2, 0.25) is 0 Å². The maximum atomic E-state index is 13.1. The predicted molar refractivity (Wildman–Crippen MR) is 146 cm³/mol. The highest BCUT2D eigenvalue weighted by Gasteiger charge is 2.31. The van der Waals surface area contributed by atoms with Crippen LogP contribution in [0.3, 0.4) is 0 Å². The normalized spacial score (nSPS) is 17.7. The molecule has 2 aromatic carbocycles. The molecule has 0 atom stereocenters. The zero-order valence-corrected chi connectivity index (χ0v) is 23.5. The number of amides is 2. The number of piperidine rings is 1. The third-order valence-corrected chi connectivity index (χ3v) is 7.56. The van der Waals surface area contributed by atoms with Crippen LogP contribution in [0.15, 0.2) is 46.9 Å². The van der Waals surface area contributed by atoms with Crippen molar-refractivity contribution in [1.82, 2.24) is 19.7 Å². The maximum Gasteiger partial charge on any atom is 0.416 e. The number of likely N-dealkylation sites (tertiary alicyclic amines) is 1. The molecular weight excluding hydrogens is 537 g/mol. The number of alkyl halides is 3. The van der Waals surface area contributed by atoms with Crippen LogP contribution in [0, 0.1) is 0 Å². The number of rotatable bonds is 4. The Hall–Kier alpha value is -3.60. The van der Waals surface area contributed by atoms with Gasteiger partial charge in [-0.1, -0.05) is 18.2 Å². The van der Waals surface area contributed by atoms with E-state index in [-0.39, 0.29) is 23.8 Å². The monoisotopic (exact) mass is 572 g/mol. The van der Waals surface area contributed by atoms with Crippen molar-refractivity contribution in [3.05, 3.63) is 65.0 Å². The number of nitrogens with zero attached hydrogens (tertiary/aromatic N) is 4. The van der Waals surface area contributed by atoms with Crippen molar-refractivity contribution in [3.8, 4) is 0 Å². The summed E-state index contributed by atoms with van der Waals surface area (Å²) in [7, 11) is 0. The summed E-state index contributed by atoms with van der Waals surface area (Å²) in [5, 5.41) is 0. The van der Waals surface area contributed by atoms with E-state index in [2.05, 4.69) is 9.88 Å². The fourth-order valence-electron chi connectivity index (χ4n) is 5.31. The van der Waals surface area contributed by atoms with E-state index in [1.807, 2.05) is 39.0 Å². The van der Waals surface area contributed by atoms with E-state index in [0.717, 1.165) is 36.1 Å². The Bertz CT molecular complexity index is 1380. The molecule has 3 heterocycles. The van der Waals surface area contributed by atoms with Gasteiger partial charge in [-0.25, -0.2) is 9.78 Å². The van der Waals surface area contributed by atoms with Crippen LogP contribution in [0.1, 0.15) is 66.9 Å². The van der Waals surface area contributed by atoms with Crippen LogP contribution in [0.4, 0.5) is 18.0 Å². The van der Waals surface area contributed by atoms with Crippen molar-refractivity contribution in [1.29, 1.82) is 0 Å². The first kappa shape index (κ1) is 28.9. The first-order valence-electron chi connectivity index (χ1n) is 13.9. The lowest BCUT2D eigenvalue weighted by atomic mass is 9.89. The summed E-state index contributed by atoms with van der Waals surface area (Å²) >= 11 is 0. The molecule has 2 amide bonds. The highest BCUT2D eigenvalue weighted by atomic mass is 19.4. The largest absolute Gasteiger partial charge is 0.444 e. The molecule has 0 saturated carbocycles. The second kappa shape index (κ2) is 11.3. The topological polar surface area (TPSA) is 79.1 Å². The van der Waals surface area contributed by atoms with Crippen LogP contribution >= 0.6 is 0 Å². The number of halogens is 3. The summed E-state index contributed by atoms with van der Waals surface area (Å²) in [5.41, 5.74) is 1.88. The van der Waals surface area contributed by atoms with Gasteiger partial charge < -0.3 is 19.0 Å². The van der Waals surface area contributed by atoms with E-state index in [1.54, 1.807) is 9.80 Å². The summed E-state index contributed by atoms with van der Waals surface area (Å²) in [5.74, 6) is 0.0439. The summed E-state index contributed by atoms with van der Waals surface area (Å²) in [6.07, 6.45) is -3.01. The quantitative estimate of drug-likeness (QED) is 0.386. The number of hydrogen-bond donors (Lipinski definition) is 0. The molecule has 5 rings (SSSR count). The second-order valence-corrected chi connectivity index (χ2v) is 11.8. The number of carbonyl (C=O) groups excluding carboxylic acids is 2. The van der Waals surface area contributed by atoms with Gasteiger partial charge in [0.25, 0.3) is 5.89 Å². The number of fused-ring (bicyclic) bond motifs is 1. The molecule has 0 unspecified atom stereocenters. The van der Waals surface area contributed by atoms with Crippen molar-refractivity contribution in [2.45, 2.75) is 57.9 Å². The van der Waals surface area contributed by atoms with Crippen LogP contribution in [0.25, 0.3) is 11.1 Å². The second-order valence-electron chi connectivity index (χ2n) is 11.8. The lowest BCUT2D eigenvalue weighted by Gasteiger charge is -2.34. The van der Waals surface area contributed by atoms with Gasteiger partial charge >= 0.3 is 18.2 Å². The molecule has 0 bridgehead atoms. The zero-order chi connectivity index (χ0) is 29.4. The van der Waals surface area contributed by atoms with Gasteiger partial charge in [0.05, 0.1) is 5.56 Å². The average Bonchev–Trinajstić information content (AvgIpc) is 3.36. The molecule has 2 saturated heterocycles. The predicted octanol–water partition coefficient (Wildman–Crippen LogP) is 5.92. The molecule has 1 aromatic heterocycles. The first-order valence-corrected chi connectivity index (χ1v) is 13.9. The molecule has 2 fully saturated rings. The van der Waals surface area contributed by atoms with Gasteiger partial charge in [-0.05, 0) is 74.9 Å². The van der Waals surface area contributed by atoms with E-state index in [4.69, 9.17) is 9.15 Å². The molecule has 0 radical (unpaired) electrons. The number of hydrogen-bond acceptors (Lipinski definition) is 6. The Morgan fingerprint density at radius 2 is 1.59 bits per heavy atom. The van der Waals surface area contributed by atoms with Gasteiger partial charge in [0.1, 0.15) is 11.1 Å². The molecule has 2 aliphatic rings. The Morgan fingerprint density at radius 3 is 2.20 bits per heavy atom. The molecule has 0 aliphatic carbocycles. The molecule has 2 aliphatic heterocycles. The number of benzene rings is 2. The van der Waals surface area contributed by atoms with Crippen molar-refractivity contribution in [3.63, 3.8) is 0 Å². The lowest BCUT2D eigenvalue weighted by Crippen LogP contribution is -2.48. The van der Waals surface area contributed by atoms with Gasteiger partial charge in [0, 0.05) is 45.8 Å². The third kappa shape index (κ3) is 7.01. The molecule has 0 N–H and O–H groups in total. The summed E-state index contributed by atoms with van der Waals surface area (Å²) in [6.45, 7) is 9.46. The highest BCUT2D eigenvalue weighted by Crippen LogP contribution is 2.32. The molecule has 220 valence electrons. The Labute approximate surface area is 237 Å². The number of ether oxygens (including phenoxy) is 1. The minimum absolute atomic E-state index is 0.0492. The lowest BCUT2D eigenvalue weighted by molar-refractivity contribution is -0.137. The fourth-order valence-corrected chi connectivity index (χ4v) is 5.31. The van der Waals surface area contributed by atoms with E-state index in [0.29, 0.717) is 56.9 Å². The Morgan fingerprint density at radius 1 is 0.927 bits per heavy atom. The van der Waals surface area contributed by atoms with Gasteiger partial charge in [-0.15, -0.1) is 0 Å². The summed E-state index contributed by atoms with van der Waals surface area (Å²) in [4.78, 5) is 35.6. The minimum Gasteiger partial charge on any atom is -0.444 e. The third-order valence-electron chi connectivity index (χ3n) is 7.56. The van der Waals surface area contributed by atoms with Crippen molar-refractivity contribution >= 4 is 23.1 Å². The molecule has 41 heavy (non-hydrogen) atoms. The number of piperazine rings is 1. The van der Waals surface area contributed by atoms with Crippen LogP contribution in [-0.4, -0.2) is 76.6 Å². The summed E-state index contributed by atoms with van der Waals surface area (Å²) in [6, 6.07) is 11.0. The number of oxazole rings is 1.